The van der Waals surface area contributed by atoms with Gasteiger partial charge in [0.25, 0.3) is 5.56 Å². The number of para-hydroxylation sites is 2. The van der Waals surface area contributed by atoms with Gasteiger partial charge in [0.15, 0.2) is 0 Å². The summed E-state index contributed by atoms with van der Waals surface area (Å²) in [5, 5.41) is 11.7. The summed E-state index contributed by atoms with van der Waals surface area (Å²) in [5.74, 6) is -0.0245. The fourth-order valence-electron chi connectivity index (χ4n) is 5.12. The van der Waals surface area contributed by atoms with Gasteiger partial charge in [-0.05, 0) is 41.3 Å². The van der Waals surface area contributed by atoms with E-state index in [1.807, 2.05) is 96.4 Å². The van der Waals surface area contributed by atoms with Crippen LogP contribution in [0.5, 0.6) is 0 Å². The first-order valence-electron chi connectivity index (χ1n) is 10.8. The molecule has 1 unspecified atom stereocenters. The molecular weight excluding hydrogens is 410 g/mol. The molecule has 3 aromatic carbocycles. The maximum Gasteiger partial charge on any atom is 0.264 e. The Kier molecular flexibility index (Phi) is 3.93. The molecule has 0 spiro atoms. The van der Waals surface area contributed by atoms with E-state index in [4.69, 9.17) is 5.73 Å². The number of nitrogens with two attached hydrogens (primary N) is 1. The van der Waals surface area contributed by atoms with Gasteiger partial charge in [-0.1, -0.05) is 42.5 Å². The van der Waals surface area contributed by atoms with Crippen LogP contribution in [0.2, 0.25) is 0 Å². The van der Waals surface area contributed by atoms with Crippen molar-refractivity contribution in [1.82, 2.24) is 8.97 Å². The number of anilines is 1. The third-order valence-electron chi connectivity index (χ3n) is 6.64. The van der Waals surface area contributed by atoms with Crippen molar-refractivity contribution in [3.05, 3.63) is 99.9 Å². The molecular formula is C27H21N5O. The summed E-state index contributed by atoms with van der Waals surface area (Å²) in [6.45, 7) is 0. The number of hydrogen-bond donors (Lipinski definition) is 1. The van der Waals surface area contributed by atoms with Crippen LogP contribution in [0.3, 0.4) is 0 Å². The Morgan fingerprint density at radius 2 is 1.55 bits per heavy atom. The van der Waals surface area contributed by atoms with Crippen molar-refractivity contribution >= 4 is 39.0 Å². The van der Waals surface area contributed by atoms with Gasteiger partial charge in [-0.25, -0.2) is 0 Å². The lowest BCUT2D eigenvalue weighted by Crippen LogP contribution is -2.25. The van der Waals surface area contributed by atoms with E-state index in [-0.39, 0.29) is 11.5 Å². The molecule has 0 fully saturated rings. The second-order valence-electron chi connectivity index (χ2n) is 8.58. The molecule has 2 aromatic heterocycles. The number of rotatable bonds is 2. The molecule has 0 bridgehead atoms. The highest BCUT2D eigenvalue weighted by atomic mass is 16.1. The molecule has 0 amide bonds. The summed E-state index contributed by atoms with van der Waals surface area (Å²) >= 11 is 0. The normalized spacial score (nSPS) is 15.4. The molecule has 6 nitrogen and oxygen atoms in total. The first kappa shape index (κ1) is 19.2. The van der Waals surface area contributed by atoms with Crippen LogP contribution in [0, 0.1) is 11.3 Å². The number of nitriles is 1. The van der Waals surface area contributed by atoms with Crippen LogP contribution < -0.4 is 16.2 Å². The van der Waals surface area contributed by atoms with Crippen LogP contribution in [-0.2, 0) is 0 Å². The van der Waals surface area contributed by atoms with Gasteiger partial charge >= 0.3 is 0 Å². The zero-order chi connectivity index (χ0) is 22.9. The monoisotopic (exact) mass is 431 g/mol. The van der Waals surface area contributed by atoms with E-state index in [9.17, 15) is 10.1 Å². The fourth-order valence-corrected chi connectivity index (χ4v) is 5.12. The lowest BCUT2D eigenvalue weighted by atomic mass is 9.81. The van der Waals surface area contributed by atoms with Crippen LogP contribution in [0.4, 0.5) is 5.69 Å². The number of hydrogen-bond acceptors (Lipinski definition) is 4. The van der Waals surface area contributed by atoms with Crippen molar-refractivity contribution in [1.29, 1.82) is 5.26 Å². The third kappa shape index (κ3) is 2.45. The molecule has 1 atom stereocenters. The molecule has 5 aromatic rings. The van der Waals surface area contributed by atoms with Crippen molar-refractivity contribution < 1.29 is 0 Å². The molecule has 160 valence electrons. The third-order valence-corrected chi connectivity index (χ3v) is 6.64. The summed E-state index contributed by atoms with van der Waals surface area (Å²) in [6, 6.07) is 25.9. The molecule has 1 aliphatic heterocycles. The van der Waals surface area contributed by atoms with Gasteiger partial charge in [0.2, 0.25) is 0 Å². The van der Waals surface area contributed by atoms with Crippen molar-refractivity contribution in [2.45, 2.75) is 5.92 Å². The van der Waals surface area contributed by atoms with Crippen LogP contribution in [0.25, 0.3) is 33.3 Å². The molecule has 1 aliphatic rings. The summed E-state index contributed by atoms with van der Waals surface area (Å²) < 4.78 is 3.61. The summed E-state index contributed by atoms with van der Waals surface area (Å²) in [5.41, 5.74) is 12.3. The van der Waals surface area contributed by atoms with E-state index >= 15 is 0 Å². The number of imidazole rings is 1. The Bertz CT molecular complexity index is 1730. The second kappa shape index (κ2) is 6.75. The number of aromatic nitrogens is 2. The SMILES string of the molecule is CN(C)c1ccc(C2C(C#N)=C(N)n3c4ccccc4n4c(=O)c5ccccc5c2c34)cc1. The minimum Gasteiger partial charge on any atom is -0.384 e. The Labute approximate surface area is 190 Å². The molecule has 2 N–H and O–H groups in total. The Balaban J connectivity index is 1.85. The van der Waals surface area contributed by atoms with Gasteiger partial charge < -0.3 is 10.6 Å². The predicted octanol–water partition coefficient (Wildman–Crippen LogP) is 4.27. The summed E-state index contributed by atoms with van der Waals surface area (Å²) in [4.78, 5) is 15.7. The van der Waals surface area contributed by atoms with Crippen molar-refractivity contribution in [3.8, 4) is 6.07 Å². The van der Waals surface area contributed by atoms with Crippen molar-refractivity contribution in [2.75, 3.05) is 19.0 Å². The smallest absolute Gasteiger partial charge is 0.264 e. The molecule has 0 radical (unpaired) electrons. The standard InChI is InChI=1S/C27H21N5O/c1-30(2)17-13-11-16(12-14-17)23-20(15-28)25(29)31-21-9-5-6-10-22(21)32-26(31)24(23)18-7-3-4-8-19(18)27(32)33/h3-14,23H,29H2,1-2H3. The predicted molar refractivity (Wildman–Crippen MR) is 132 cm³/mol. The second-order valence-corrected chi connectivity index (χ2v) is 8.58. The van der Waals surface area contributed by atoms with Crippen molar-refractivity contribution in [3.63, 3.8) is 0 Å². The van der Waals surface area contributed by atoms with Gasteiger partial charge in [-0.2, -0.15) is 5.26 Å². The Morgan fingerprint density at radius 3 is 2.21 bits per heavy atom. The Morgan fingerprint density at radius 1 is 0.909 bits per heavy atom. The highest BCUT2D eigenvalue weighted by molar-refractivity contribution is 5.99. The number of pyridine rings is 1. The first-order valence-corrected chi connectivity index (χ1v) is 10.8. The lowest BCUT2D eigenvalue weighted by Gasteiger charge is -2.27. The quantitative estimate of drug-likeness (QED) is 0.453. The molecule has 0 aliphatic carbocycles. The highest BCUT2D eigenvalue weighted by Crippen LogP contribution is 2.44. The highest BCUT2D eigenvalue weighted by Gasteiger charge is 2.34. The number of nitrogens with zero attached hydrogens (tertiary/aromatic N) is 4. The van der Waals surface area contributed by atoms with E-state index in [0.717, 1.165) is 38.9 Å². The van der Waals surface area contributed by atoms with Gasteiger partial charge in [0.1, 0.15) is 11.5 Å². The van der Waals surface area contributed by atoms with Gasteiger partial charge in [0, 0.05) is 30.7 Å². The zero-order valence-electron chi connectivity index (χ0n) is 18.3. The molecule has 3 heterocycles. The molecule has 6 heteroatoms. The number of fused-ring (bicyclic) bond motifs is 5. The van der Waals surface area contributed by atoms with E-state index in [1.165, 1.54) is 0 Å². The molecule has 33 heavy (non-hydrogen) atoms. The largest absolute Gasteiger partial charge is 0.384 e. The number of allylic oxidation sites excluding steroid dienone is 1. The molecule has 0 saturated carbocycles. The number of benzene rings is 3. The van der Waals surface area contributed by atoms with Gasteiger partial charge in [0.05, 0.1) is 28.6 Å². The maximum atomic E-state index is 13.7. The van der Waals surface area contributed by atoms with Crippen LogP contribution in [0.1, 0.15) is 17.0 Å². The van der Waals surface area contributed by atoms with Crippen LogP contribution in [0.15, 0.2) is 83.2 Å². The topological polar surface area (TPSA) is 79.5 Å². The van der Waals surface area contributed by atoms with E-state index < -0.39 is 0 Å². The van der Waals surface area contributed by atoms with Crippen molar-refractivity contribution in [2.24, 2.45) is 5.73 Å². The summed E-state index contributed by atoms with van der Waals surface area (Å²) in [6.07, 6.45) is 0. The lowest BCUT2D eigenvalue weighted by molar-refractivity contribution is 0.917. The zero-order valence-corrected chi connectivity index (χ0v) is 18.3. The van der Waals surface area contributed by atoms with E-state index in [0.29, 0.717) is 16.8 Å². The van der Waals surface area contributed by atoms with Gasteiger partial charge in [-0.15, -0.1) is 0 Å². The van der Waals surface area contributed by atoms with Crippen LogP contribution >= 0.6 is 0 Å². The maximum absolute atomic E-state index is 13.7. The minimum absolute atomic E-state index is 0.0887. The molecule has 0 saturated heterocycles. The first-order chi connectivity index (χ1) is 16.0. The summed E-state index contributed by atoms with van der Waals surface area (Å²) in [7, 11) is 3.99. The Hall–Kier alpha value is -4.50. The molecule has 6 rings (SSSR count). The van der Waals surface area contributed by atoms with E-state index in [2.05, 4.69) is 6.07 Å². The van der Waals surface area contributed by atoms with E-state index in [1.54, 1.807) is 4.40 Å². The minimum atomic E-state index is -0.386. The van der Waals surface area contributed by atoms with Gasteiger partial charge in [-0.3, -0.25) is 13.8 Å². The fraction of sp³-hybridized carbons (Fsp3) is 0.111. The van der Waals surface area contributed by atoms with Crippen LogP contribution in [-0.4, -0.2) is 23.1 Å². The average molecular weight is 431 g/mol. The average Bonchev–Trinajstić information content (AvgIpc) is 3.19.